The van der Waals surface area contributed by atoms with E-state index in [9.17, 15) is 9.13 Å². The van der Waals surface area contributed by atoms with Crippen LogP contribution in [-0.2, 0) is 22.7 Å². The molecule has 166 valence electrons. The lowest BCUT2D eigenvalue weighted by Crippen LogP contribution is -2.35. The molecule has 0 heterocycles. The van der Waals surface area contributed by atoms with Crippen molar-refractivity contribution in [3.8, 4) is 0 Å². The molecule has 0 unspecified atom stereocenters. The molecule has 4 atom stereocenters. The predicted octanol–water partition coefficient (Wildman–Crippen LogP) is 6.33. The first-order chi connectivity index (χ1) is 13.7. The molecule has 0 bridgehead atoms. The largest absolute Gasteiger partial charge is 0.331 e. The first-order valence-electron chi connectivity index (χ1n) is 10.9. The number of hydrogen-bond acceptors (Lipinski definition) is 5. The summed E-state index contributed by atoms with van der Waals surface area (Å²) < 4.78 is 44.5. The molecule has 0 amide bonds. The zero-order valence-corrected chi connectivity index (χ0v) is 20.4. The Morgan fingerprint density at radius 2 is 1.62 bits per heavy atom. The molecule has 1 aliphatic rings. The molecule has 1 fully saturated rings. The topological polar surface area (TPSA) is 61.8 Å². The molecular weight excluding hydrogens is 406 g/mol. The van der Waals surface area contributed by atoms with E-state index in [1.54, 1.807) is 13.8 Å². The van der Waals surface area contributed by atoms with Gasteiger partial charge in [-0.05, 0) is 56.6 Å². The van der Waals surface area contributed by atoms with Gasteiger partial charge in [0.25, 0.3) is 0 Å². The van der Waals surface area contributed by atoms with E-state index in [0.717, 1.165) is 12.8 Å². The highest BCUT2D eigenvalue weighted by molar-refractivity contribution is 7.68. The third-order valence-corrected chi connectivity index (χ3v) is 10.7. The summed E-state index contributed by atoms with van der Waals surface area (Å²) in [6, 6.07) is 9.35. The standard InChI is InChI=1S/C22H38O5P2/c1-6-25-29(24,26-7-2)16-15-28(23,20-11-9-8-10-12-20)27-22-17-19(5)13-14-21(22)18(3)4/h8-12,18-19,21-22H,6-7,13-17H2,1-5H3/t19-,21+,22-,28+/m1/s1. The van der Waals surface area contributed by atoms with Gasteiger partial charge in [0.05, 0.1) is 25.5 Å². The van der Waals surface area contributed by atoms with Gasteiger partial charge in [-0.2, -0.15) is 0 Å². The molecule has 5 nitrogen and oxygen atoms in total. The maximum atomic E-state index is 14.2. The Hall–Kier alpha value is -0.440. The van der Waals surface area contributed by atoms with Gasteiger partial charge in [0.15, 0.2) is 0 Å². The normalized spacial score (nSPS) is 25.1. The van der Waals surface area contributed by atoms with Crippen molar-refractivity contribution < 1.29 is 22.7 Å². The summed E-state index contributed by atoms with van der Waals surface area (Å²) in [4.78, 5) is 0. The fraction of sp³-hybridized carbons (Fsp3) is 0.727. The third kappa shape index (κ3) is 7.04. The fourth-order valence-corrected chi connectivity index (χ4v) is 9.11. The summed E-state index contributed by atoms with van der Waals surface area (Å²) in [5, 5.41) is 0.681. The summed E-state index contributed by atoms with van der Waals surface area (Å²) >= 11 is 0. The minimum atomic E-state index is -3.29. The number of hydrogen-bond donors (Lipinski definition) is 0. The molecule has 7 heteroatoms. The lowest BCUT2D eigenvalue weighted by atomic mass is 9.75. The van der Waals surface area contributed by atoms with Crippen LogP contribution in [-0.4, -0.2) is 31.6 Å². The first-order valence-corrected chi connectivity index (χ1v) is 14.5. The Bertz CT molecular complexity index is 696. The van der Waals surface area contributed by atoms with Crippen molar-refractivity contribution in [2.75, 3.05) is 25.5 Å². The molecule has 1 aromatic carbocycles. The molecule has 29 heavy (non-hydrogen) atoms. The van der Waals surface area contributed by atoms with Gasteiger partial charge in [0, 0.05) is 11.5 Å². The molecule has 0 saturated heterocycles. The van der Waals surface area contributed by atoms with Crippen molar-refractivity contribution in [2.45, 2.75) is 60.0 Å². The Morgan fingerprint density at radius 1 is 1.00 bits per heavy atom. The molecule has 0 aliphatic heterocycles. The highest BCUT2D eigenvalue weighted by Gasteiger charge is 2.39. The summed E-state index contributed by atoms with van der Waals surface area (Å²) in [7, 11) is -6.51. The van der Waals surface area contributed by atoms with Crippen LogP contribution in [0.25, 0.3) is 0 Å². The SMILES string of the molecule is CCOP(=O)(CC[P@](=O)(O[C@@H]1C[C@H](C)CC[C@H]1C(C)C)c1ccccc1)OCC. The van der Waals surface area contributed by atoms with Gasteiger partial charge in [0.2, 0.25) is 7.37 Å². The van der Waals surface area contributed by atoms with Crippen molar-refractivity contribution in [1.82, 2.24) is 0 Å². The zero-order valence-electron chi connectivity index (χ0n) is 18.6. The molecule has 0 radical (unpaired) electrons. The van der Waals surface area contributed by atoms with Gasteiger partial charge < -0.3 is 13.6 Å². The predicted molar refractivity (Wildman–Crippen MR) is 120 cm³/mol. The maximum Gasteiger partial charge on any atom is 0.331 e. The summed E-state index contributed by atoms with van der Waals surface area (Å²) in [5.74, 6) is 1.40. The molecule has 1 aliphatic carbocycles. The highest BCUT2D eigenvalue weighted by atomic mass is 31.2. The van der Waals surface area contributed by atoms with Crippen molar-refractivity contribution >= 4 is 20.3 Å². The van der Waals surface area contributed by atoms with E-state index in [0.29, 0.717) is 36.3 Å². The van der Waals surface area contributed by atoms with Crippen molar-refractivity contribution in [3.63, 3.8) is 0 Å². The minimum absolute atomic E-state index is 0.0524. The van der Waals surface area contributed by atoms with Crippen LogP contribution in [0.4, 0.5) is 0 Å². The van der Waals surface area contributed by atoms with E-state index in [2.05, 4.69) is 20.8 Å². The van der Waals surface area contributed by atoms with Gasteiger partial charge in [0.1, 0.15) is 0 Å². The number of rotatable bonds is 11. The summed E-state index contributed by atoms with van der Waals surface area (Å²) in [6.45, 7) is 10.8. The van der Waals surface area contributed by atoms with Gasteiger partial charge in [-0.3, -0.25) is 9.13 Å². The molecule has 0 aromatic heterocycles. The second-order valence-corrected chi connectivity index (χ2v) is 13.1. The van der Waals surface area contributed by atoms with E-state index in [1.165, 1.54) is 6.42 Å². The lowest BCUT2D eigenvalue weighted by molar-refractivity contribution is 0.0499. The first kappa shape index (κ1) is 24.8. The molecule has 1 aromatic rings. The summed E-state index contributed by atoms with van der Waals surface area (Å²) in [6.07, 6.45) is 3.38. The Morgan fingerprint density at radius 3 is 2.17 bits per heavy atom. The molecule has 0 spiro atoms. The van der Waals surface area contributed by atoms with Crippen molar-refractivity contribution in [3.05, 3.63) is 30.3 Å². The second kappa shape index (κ2) is 11.3. The Balaban J connectivity index is 2.29. The minimum Gasteiger partial charge on any atom is -0.322 e. The highest BCUT2D eigenvalue weighted by Crippen LogP contribution is 2.56. The van der Waals surface area contributed by atoms with Crippen LogP contribution in [0.1, 0.15) is 53.9 Å². The van der Waals surface area contributed by atoms with Crippen LogP contribution in [0.2, 0.25) is 0 Å². The molecular formula is C22H38O5P2. The van der Waals surface area contributed by atoms with Crippen LogP contribution >= 0.6 is 15.0 Å². The maximum absolute atomic E-state index is 14.2. The van der Waals surface area contributed by atoms with Crippen LogP contribution in [0.3, 0.4) is 0 Å². The van der Waals surface area contributed by atoms with Crippen molar-refractivity contribution in [1.29, 1.82) is 0 Å². The molecule has 2 rings (SSSR count). The third-order valence-electron chi connectivity index (χ3n) is 5.74. The van der Waals surface area contributed by atoms with Crippen LogP contribution in [0.5, 0.6) is 0 Å². The average molecular weight is 444 g/mol. The summed E-state index contributed by atoms with van der Waals surface area (Å²) in [5.41, 5.74) is 0. The number of benzene rings is 1. The van der Waals surface area contributed by atoms with Crippen molar-refractivity contribution in [2.24, 2.45) is 17.8 Å². The average Bonchev–Trinajstić information content (AvgIpc) is 2.67. The quantitative estimate of drug-likeness (QED) is 0.373. The molecule has 0 N–H and O–H groups in total. The monoisotopic (exact) mass is 444 g/mol. The van der Waals surface area contributed by atoms with Gasteiger partial charge in [-0.25, -0.2) is 0 Å². The van der Waals surface area contributed by atoms with Gasteiger partial charge in [-0.15, -0.1) is 0 Å². The van der Waals surface area contributed by atoms with E-state index >= 15 is 0 Å². The van der Waals surface area contributed by atoms with E-state index < -0.39 is 15.0 Å². The van der Waals surface area contributed by atoms with E-state index in [-0.39, 0.29) is 18.4 Å². The van der Waals surface area contributed by atoms with Crippen LogP contribution in [0, 0.1) is 17.8 Å². The second-order valence-electron chi connectivity index (χ2n) is 8.37. The fourth-order valence-electron chi connectivity index (χ4n) is 4.17. The van der Waals surface area contributed by atoms with Gasteiger partial charge >= 0.3 is 7.60 Å². The van der Waals surface area contributed by atoms with E-state index in [1.807, 2.05) is 30.3 Å². The van der Waals surface area contributed by atoms with E-state index in [4.69, 9.17) is 13.6 Å². The lowest BCUT2D eigenvalue weighted by Gasteiger charge is -2.39. The van der Waals surface area contributed by atoms with Crippen LogP contribution in [0.15, 0.2) is 30.3 Å². The van der Waals surface area contributed by atoms with Gasteiger partial charge in [-0.1, -0.05) is 45.4 Å². The smallest absolute Gasteiger partial charge is 0.322 e. The zero-order chi connectivity index (χ0) is 21.5. The molecule has 1 saturated carbocycles. The Kier molecular flexibility index (Phi) is 9.64. The Labute approximate surface area is 176 Å². The van der Waals surface area contributed by atoms with Crippen LogP contribution < -0.4 is 5.30 Å².